The van der Waals surface area contributed by atoms with Crippen LogP contribution in [0.5, 0.6) is 11.8 Å². The number of pyridine rings is 1. The van der Waals surface area contributed by atoms with Crippen LogP contribution in [0.1, 0.15) is 44.1 Å². The van der Waals surface area contributed by atoms with Crippen LogP contribution in [0.2, 0.25) is 0 Å². The Balaban J connectivity index is 1.58. The minimum absolute atomic E-state index is 0.0517. The molecule has 1 saturated carbocycles. The van der Waals surface area contributed by atoms with E-state index in [-0.39, 0.29) is 55.6 Å². The van der Waals surface area contributed by atoms with Gasteiger partial charge in [-0.2, -0.15) is 4.98 Å². The van der Waals surface area contributed by atoms with E-state index in [2.05, 4.69) is 10.3 Å². The monoisotopic (exact) mass is 415 g/mol. The quantitative estimate of drug-likeness (QED) is 0.741. The minimum Gasteiger partial charge on any atom is -0.481 e. The predicted molar refractivity (Wildman–Crippen MR) is 101 cm³/mol. The molecule has 1 atom stereocenters. The smallest absolute Gasteiger partial charge is 0.253 e. The zero-order chi connectivity index (χ0) is 21.0. The summed E-state index contributed by atoms with van der Waals surface area (Å²) in [5.41, 5.74) is 0.406. The van der Waals surface area contributed by atoms with E-state index in [0.717, 1.165) is 19.4 Å². The van der Waals surface area contributed by atoms with Crippen molar-refractivity contribution in [1.82, 2.24) is 15.2 Å². The Morgan fingerprint density at radius 1 is 1.31 bits per heavy atom. The molecule has 1 aromatic rings. The maximum atomic E-state index is 14.4. The van der Waals surface area contributed by atoms with E-state index in [4.69, 9.17) is 9.47 Å². The number of rotatable bonds is 7. The standard InChI is InChI=1S/C20H28F3N3O3/c1-26-9-3-4-16(26)17(27)24-11-14-10-15(21)19(25-18(14)28-2)29-12-13-5-7-20(22,23)8-6-13/h10,13,16H,3-9,11-12H2,1-2H3,(H,24,27). The fraction of sp³-hybridized carbons (Fsp3) is 0.700. The van der Waals surface area contributed by atoms with Crippen LogP contribution in [0.3, 0.4) is 0 Å². The molecule has 2 aliphatic rings. The zero-order valence-corrected chi connectivity index (χ0v) is 16.8. The molecular weight excluding hydrogens is 387 g/mol. The van der Waals surface area contributed by atoms with Crippen LogP contribution >= 0.6 is 0 Å². The van der Waals surface area contributed by atoms with Crippen molar-refractivity contribution in [3.63, 3.8) is 0 Å². The van der Waals surface area contributed by atoms with Crippen molar-refractivity contribution < 1.29 is 27.4 Å². The van der Waals surface area contributed by atoms with Crippen LogP contribution < -0.4 is 14.8 Å². The molecule has 1 aromatic heterocycles. The van der Waals surface area contributed by atoms with Crippen molar-refractivity contribution in [2.24, 2.45) is 5.92 Å². The number of carbonyl (C=O) groups excluding carboxylic acids is 1. The average molecular weight is 415 g/mol. The molecule has 2 fully saturated rings. The van der Waals surface area contributed by atoms with Crippen molar-refractivity contribution in [3.8, 4) is 11.8 Å². The van der Waals surface area contributed by atoms with E-state index < -0.39 is 11.7 Å². The molecule has 29 heavy (non-hydrogen) atoms. The third kappa shape index (κ3) is 5.52. The van der Waals surface area contributed by atoms with E-state index in [1.165, 1.54) is 13.2 Å². The summed E-state index contributed by atoms with van der Waals surface area (Å²) in [5, 5.41) is 2.80. The summed E-state index contributed by atoms with van der Waals surface area (Å²) in [4.78, 5) is 18.4. The molecule has 0 bridgehead atoms. The molecule has 3 rings (SSSR count). The van der Waals surface area contributed by atoms with E-state index in [9.17, 15) is 18.0 Å². The number of halogens is 3. The first-order valence-corrected chi connectivity index (χ1v) is 10.0. The number of ether oxygens (including phenoxy) is 2. The molecule has 1 aliphatic carbocycles. The highest BCUT2D eigenvalue weighted by molar-refractivity contribution is 5.82. The summed E-state index contributed by atoms with van der Waals surface area (Å²) < 4.78 is 51.6. The number of methoxy groups -OCH3 is 1. The number of carbonyl (C=O) groups is 1. The average Bonchev–Trinajstić information content (AvgIpc) is 3.12. The summed E-state index contributed by atoms with van der Waals surface area (Å²) in [6.45, 7) is 1.10. The number of amides is 1. The topological polar surface area (TPSA) is 63.7 Å². The molecule has 0 aromatic carbocycles. The summed E-state index contributed by atoms with van der Waals surface area (Å²) >= 11 is 0. The van der Waals surface area contributed by atoms with Gasteiger partial charge in [0.15, 0.2) is 5.82 Å². The molecule has 1 aliphatic heterocycles. The molecule has 2 heterocycles. The summed E-state index contributed by atoms with van der Waals surface area (Å²) in [6, 6.07) is 1.05. The lowest BCUT2D eigenvalue weighted by Crippen LogP contribution is -2.41. The maximum Gasteiger partial charge on any atom is 0.253 e. The molecule has 1 amide bonds. The van der Waals surface area contributed by atoms with Gasteiger partial charge in [0.05, 0.1) is 19.8 Å². The fourth-order valence-corrected chi connectivity index (χ4v) is 3.90. The van der Waals surface area contributed by atoms with Gasteiger partial charge < -0.3 is 14.8 Å². The van der Waals surface area contributed by atoms with E-state index >= 15 is 0 Å². The van der Waals surface area contributed by atoms with Crippen LogP contribution in [0.25, 0.3) is 0 Å². The predicted octanol–water partition coefficient (Wildman–Crippen LogP) is 3.14. The van der Waals surface area contributed by atoms with Gasteiger partial charge in [0.2, 0.25) is 17.7 Å². The van der Waals surface area contributed by atoms with Crippen molar-refractivity contribution in [1.29, 1.82) is 0 Å². The highest BCUT2D eigenvalue weighted by Crippen LogP contribution is 2.36. The van der Waals surface area contributed by atoms with Crippen molar-refractivity contribution in [3.05, 3.63) is 17.4 Å². The Morgan fingerprint density at radius 3 is 2.66 bits per heavy atom. The van der Waals surface area contributed by atoms with Crippen LogP contribution in [0.4, 0.5) is 13.2 Å². The second-order valence-corrected chi connectivity index (χ2v) is 7.91. The fourth-order valence-electron chi connectivity index (χ4n) is 3.90. The molecular formula is C20H28F3N3O3. The number of nitrogens with zero attached hydrogens (tertiary/aromatic N) is 2. The van der Waals surface area contributed by atoms with E-state index in [1.807, 2.05) is 11.9 Å². The maximum absolute atomic E-state index is 14.4. The molecule has 162 valence electrons. The number of aromatic nitrogens is 1. The van der Waals surface area contributed by atoms with Gasteiger partial charge in [-0.15, -0.1) is 0 Å². The number of likely N-dealkylation sites (tertiary alicyclic amines) is 1. The number of likely N-dealkylation sites (N-methyl/N-ethyl adjacent to an activating group) is 1. The molecule has 0 radical (unpaired) electrons. The van der Waals surface area contributed by atoms with Crippen molar-refractivity contribution in [2.45, 2.75) is 57.0 Å². The Kier molecular flexibility index (Phi) is 6.87. The molecule has 1 unspecified atom stereocenters. The normalized spacial score (nSPS) is 22.4. The van der Waals surface area contributed by atoms with Gasteiger partial charge in [-0.3, -0.25) is 9.69 Å². The Bertz CT molecular complexity index is 722. The van der Waals surface area contributed by atoms with Crippen LogP contribution in [-0.2, 0) is 11.3 Å². The second kappa shape index (κ2) is 9.19. The van der Waals surface area contributed by atoms with Crippen LogP contribution in [0, 0.1) is 11.7 Å². The largest absolute Gasteiger partial charge is 0.481 e. The van der Waals surface area contributed by atoms with Gasteiger partial charge in [-0.25, -0.2) is 13.2 Å². The highest BCUT2D eigenvalue weighted by Gasteiger charge is 2.35. The van der Waals surface area contributed by atoms with Gasteiger partial charge in [0, 0.05) is 24.9 Å². The van der Waals surface area contributed by atoms with Gasteiger partial charge in [-0.1, -0.05) is 0 Å². The first-order valence-electron chi connectivity index (χ1n) is 10.0. The summed E-state index contributed by atoms with van der Waals surface area (Å²) in [6.07, 6.45) is 2.10. The second-order valence-electron chi connectivity index (χ2n) is 7.91. The highest BCUT2D eigenvalue weighted by atomic mass is 19.3. The molecule has 1 N–H and O–H groups in total. The van der Waals surface area contributed by atoms with Gasteiger partial charge in [0.25, 0.3) is 5.88 Å². The number of nitrogens with one attached hydrogen (secondary N) is 1. The van der Waals surface area contributed by atoms with Gasteiger partial charge >= 0.3 is 0 Å². The Labute approximate surface area is 168 Å². The minimum atomic E-state index is -2.61. The summed E-state index contributed by atoms with van der Waals surface area (Å²) in [5.74, 6) is -3.50. The number of hydrogen-bond donors (Lipinski definition) is 1. The number of alkyl halides is 2. The third-order valence-corrected chi connectivity index (χ3v) is 5.75. The lowest BCUT2D eigenvalue weighted by atomic mass is 9.87. The first-order chi connectivity index (χ1) is 13.8. The Morgan fingerprint density at radius 2 is 2.03 bits per heavy atom. The Hall–Kier alpha value is -2.03. The molecule has 6 nitrogen and oxygen atoms in total. The zero-order valence-electron chi connectivity index (χ0n) is 16.8. The summed E-state index contributed by atoms with van der Waals surface area (Å²) in [7, 11) is 3.31. The van der Waals surface area contributed by atoms with Crippen LogP contribution in [0.15, 0.2) is 6.07 Å². The SMILES string of the molecule is COc1nc(OCC2CCC(F)(F)CC2)c(F)cc1CNC(=O)C1CCCN1C. The van der Waals surface area contributed by atoms with Crippen molar-refractivity contribution >= 4 is 5.91 Å². The molecule has 0 spiro atoms. The van der Waals surface area contributed by atoms with E-state index in [0.29, 0.717) is 18.4 Å². The first kappa shape index (κ1) is 21.7. The number of hydrogen-bond acceptors (Lipinski definition) is 5. The van der Waals surface area contributed by atoms with Crippen LogP contribution in [-0.4, -0.2) is 55.1 Å². The third-order valence-electron chi connectivity index (χ3n) is 5.75. The van der Waals surface area contributed by atoms with E-state index in [1.54, 1.807) is 0 Å². The van der Waals surface area contributed by atoms with Gasteiger partial charge in [-0.05, 0) is 51.3 Å². The lowest BCUT2D eigenvalue weighted by Gasteiger charge is -2.28. The molecule has 1 saturated heterocycles. The van der Waals surface area contributed by atoms with Gasteiger partial charge in [0.1, 0.15) is 0 Å². The van der Waals surface area contributed by atoms with Crippen molar-refractivity contribution in [2.75, 3.05) is 27.3 Å². The molecule has 9 heteroatoms. The lowest BCUT2D eigenvalue weighted by molar-refractivity contribution is -0.125.